The van der Waals surface area contributed by atoms with E-state index in [0.29, 0.717) is 37.7 Å². The fourth-order valence-electron chi connectivity index (χ4n) is 4.93. The van der Waals surface area contributed by atoms with E-state index in [0.717, 1.165) is 50.8 Å². The highest BCUT2D eigenvalue weighted by molar-refractivity contribution is 6.07. The van der Waals surface area contributed by atoms with Crippen LogP contribution < -0.4 is 10.2 Å². The van der Waals surface area contributed by atoms with Crippen molar-refractivity contribution >= 4 is 39.2 Å². The number of hydrogen-bond donors (Lipinski definition) is 2. The summed E-state index contributed by atoms with van der Waals surface area (Å²) in [5.74, 6) is -0.616. The van der Waals surface area contributed by atoms with Gasteiger partial charge in [-0.3, -0.25) is 4.79 Å². The first kappa shape index (κ1) is 24.9. The Morgan fingerprint density at radius 2 is 1.85 bits per heavy atom. The molecule has 0 bridgehead atoms. The van der Waals surface area contributed by atoms with Crippen molar-refractivity contribution in [2.24, 2.45) is 0 Å². The largest absolute Gasteiger partial charge is 0.416 e. The lowest BCUT2D eigenvalue weighted by atomic mass is 9.98. The number of anilines is 2. The van der Waals surface area contributed by atoms with Gasteiger partial charge in [-0.05, 0) is 60.0 Å². The third-order valence-corrected chi connectivity index (χ3v) is 6.97. The number of aromatic amines is 1. The van der Waals surface area contributed by atoms with Crippen LogP contribution in [0.5, 0.6) is 0 Å². The lowest BCUT2D eigenvalue weighted by molar-refractivity contribution is -0.137. The Morgan fingerprint density at radius 1 is 1.03 bits per heavy atom. The summed E-state index contributed by atoms with van der Waals surface area (Å²) in [4.78, 5) is 26.7. The molecule has 10 heteroatoms. The summed E-state index contributed by atoms with van der Waals surface area (Å²) < 4.78 is 46.4. The van der Waals surface area contributed by atoms with Crippen molar-refractivity contribution in [1.82, 2.24) is 15.0 Å². The van der Waals surface area contributed by atoms with E-state index in [4.69, 9.17) is 4.74 Å². The number of nitrogens with zero attached hydrogens (tertiary/aromatic N) is 3. The molecule has 0 radical (unpaired) electrons. The fraction of sp³-hybridized carbons (Fsp3) is 0.207. The summed E-state index contributed by atoms with van der Waals surface area (Å²) in [6.07, 6.45) is -1.33. The van der Waals surface area contributed by atoms with E-state index in [-0.39, 0.29) is 5.56 Å². The quantitative estimate of drug-likeness (QED) is 0.289. The Bertz CT molecular complexity index is 1710. The smallest absolute Gasteiger partial charge is 0.378 e. The van der Waals surface area contributed by atoms with Crippen molar-refractivity contribution in [1.29, 1.82) is 0 Å². The molecule has 1 amide bonds. The Labute approximate surface area is 221 Å². The first-order chi connectivity index (χ1) is 18.8. The van der Waals surface area contributed by atoms with Crippen LogP contribution in [-0.2, 0) is 10.9 Å². The SMILES string of the molecule is Cc1ccc(NC(=O)c2cc(N3CCOCC3)cc(C(F)(F)F)c2)cc1-c1ccc2c(c1)[nH]c1ncncc12. The van der Waals surface area contributed by atoms with E-state index in [1.165, 1.54) is 12.4 Å². The number of morpholine rings is 1. The third kappa shape index (κ3) is 4.90. The summed E-state index contributed by atoms with van der Waals surface area (Å²) in [6.45, 7) is 3.71. The van der Waals surface area contributed by atoms with Gasteiger partial charge in [-0.15, -0.1) is 0 Å². The van der Waals surface area contributed by atoms with Crippen LogP contribution >= 0.6 is 0 Å². The van der Waals surface area contributed by atoms with E-state index >= 15 is 0 Å². The van der Waals surface area contributed by atoms with E-state index in [2.05, 4.69) is 20.3 Å². The molecule has 0 unspecified atom stereocenters. The Balaban J connectivity index is 1.32. The van der Waals surface area contributed by atoms with Crippen LogP contribution in [0.25, 0.3) is 33.1 Å². The number of amides is 1. The molecule has 1 fully saturated rings. The summed E-state index contributed by atoms with van der Waals surface area (Å²) in [7, 11) is 0. The van der Waals surface area contributed by atoms with Crippen LogP contribution in [-0.4, -0.2) is 47.2 Å². The van der Waals surface area contributed by atoms with Gasteiger partial charge in [0.05, 0.1) is 18.8 Å². The highest BCUT2D eigenvalue weighted by Gasteiger charge is 2.32. The van der Waals surface area contributed by atoms with Gasteiger partial charge in [0.15, 0.2) is 0 Å². The molecule has 0 atom stereocenters. The second-order valence-electron chi connectivity index (χ2n) is 9.52. The molecule has 5 aromatic rings. The highest BCUT2D eigenvalue weighted by atomic mass is 19.4. The predicted molar refractivity (Wildman–Crippen MR) is 144 cm³/mol. The van der Waals surface area contributed by atoms with Gasteiger partial charge in [-0.25, -0.2) is 9.97 Å². The van der Waals surface area contributed by atoms with Crippen LogP contribution in [0.3, 0.4) is 0 Å². The molecule has 1 saturated heterocycles. The number of rotatable bonds is 4. The molecule has 7 nitrogen and oxygen atoms in total. The number of halogens is 3. The molecule has 6 rings (SSSR count). The van der Waals surface area contributed by atoms with E-state index in [9.17, 15) is 18.0 Å². The van der Waals surface area contributed by atoms with Crippen LogP contribution in [0.1, 0.15) is 21.5 Å². The van der Waals surface area contributed by atoms with E-state index in [1.54, 1.807) is 17.2 Å². The Kier molecular flexibility index (Phi) is 6.19. The number of aromatic nitrogens is 3. The van der Waals surface area contributed by atoms with Crippen LogP contribution in [0.4, 0.5) is 24.5 Å². The molecule has 0 spiro atoms. The maximum absolute atomic E-state index is 13.7. The Morgan fingerprint density at radius 3 is 2.64 bits per heavy atom. The van der Waals surface area contributed by atoms with Crippen molar-refractivity contribution in [2.45, 2.75) is 13.1 Å². The first-order valence-electron chi connectivity index (χ1n) is 12.4. The van der Waals surface area contributed by atoms with Crippen LogP contribution in [0, 0.1) is 6.92 Å². The summed E-state index contributed by atoms with van der Waals surface area (Å²) in [6, 6.07) is 14.9. The van der Waals surface area contributed by atoms with Gasteiger partial charge in [-0.2, -0.15) is 13.2 Å². The summed E-state index contributed by atoms with van der Waals surface area (Å²) in [5.41, 5.74) is 4.34. The molecular weight excluding hydrogens is 507 g/mol. The zero-order chi connectivity index (χ0) is 27.1. The molecule has 39 heavy (non-hydrogen) atoms. The molecule has 1 aliphatic heterocycles. The van der Waals surface area contributed by atoms with E-state index in [1.807, 2.05) is 37.3 Å². The van der Waals surface area contributed by atoms with Crippen molar-refractivity contribution < 1.29 is 22.7 Å². The molecule has 1 aliphatic rings. The number of nitrogens with one attached hydrogen (secondary N) is 2. The molecule has 2 N–H and O–H groups in total. The van der Waals surface area contributed by atoms with Gasteiger partial charge in [0, 0.05) is 52.5 Å². The number of carbonyl (C=O) groups excluding carboxylic acids is 1. The monoisotopic (exact) mass is 531 g/mol. The minimum Gasteiger partial charge on any atom is -0.378 e. The molecule has 2 aromatic heterocycles. The fourth-order valence-corrected chi connectivity index (χ4v) is 4.93. The second-order valence-corrected chi connectivity index (χ2v) is 9.52. The average Bonchev–Trinajstić information content (AvgIpc) is 3.31. The molecular formula is C29H24F3N5O2. The minimum absolute atomic E-state index is 0.0611. The number of H-pyrrole nitrogens is 1. The summed E-state index contributed by atoms with van der Waals surface area (Å²) in [5, 5.41) is 4.71. The Hall–Kier alpha value is -4.44. The zero-order valence-electron chi connectivity index (χ0n) is 21.0. The van der Waals surface area contributed by atoms with Crippen molar-refractivity contribution in [3.8, 4) is 11.1 Å². The van der Waals surface area contributed by atoms with E-state index < -0.39 is 17.6 Å². The number of carbonyl (C=O) groups is 1. The second kappa shape index (κ2) is 9.70. The lowest BCUT2D eigenvalue weighted by Crippen LogP contribution is -2.36. The van der Waals surface area contributed by atoms with Gasteiger partial charge in [0.2, 0.25) is 0 Å². The molecule has 3 aromatic carbocycles. The highest BCUT2D eigenvalue weighted by Crippen LogP contribution is 2.35. The predicted octanol–water partition coefficient (Wildman–Crippen LogP) is 6.19. The maximum atomic E-state index is 13.7. The van der Waals surface area contributed by atoms with Crippen LogP contribution in [0.2, 0.25) is 0 Å². The third-order valence-electron chi connectivity index (χ3n) is 6.97. The number of ether oxygens (including phenoxy) is 1. The summed E-state index contributed by atoms with van der Waals surface area (Å²) >= 11 is 0. The first-order valence-corrected chi connectivity index (χ1v) is 12.4. The molecule has 0 saturated carbocycles. The van der Waals surface area contributed by atoms with Crippen LogP contribution in [0.15, 0.2) is 67.1 Å². The lowest BCUT2D eigenvalue weighted by Gasteiger charge is -2.29. The minimum atomic E-state index is -4.58. The van der Waals surface area contributed by atoms with Crippen molar-refractivity contribution in [3.05, 3.63) is 83.8 Å². The standard InChI is InChI=1S/C29H24F3N5O2/c1-17-2-4-21(14-24(17)18-3-5-23-25-15-33-16-34-27(25)36-26(23)12-18)35-28(38)19-10-20(29(30,31)32)13-22(11-19)37-6-8-39-9-7-37/h2-5,10-16H,6-9H2,1H3,(H,35,38)(H,33,34,36). The van der Waals surface area contributed by atoms with Gasteiger partial charge in [0.1, 0.15) is 12.0 Å². The normalized spacial score (nSPS) is 14.2. The van der Waals surface area contributed by atoms with Gasteiger partial charge in [0.25, 0.3) is 5.91 Å². The number of aryl methyl sites for hydroxylation is 1. The average molecular weight is 532 g/mol. The van der Waals surface area contributed by atoms with Crippen molar-refractivity contribution in [3.63, 3.8) is 0 Å². The molecule has 0 aliphatic carbocycles. The van der Waals surface area contributed by atoms with Gasteiger partial charge in [-0.1, -0.05) is 18.2 Å². The van der Waals surface area contributed by atoms with Gasteiger partial charge < -0.3 is 19.9 Å². The van der Waals surface area contributed by atoms with Gasteiger partial charge >= 0.3 is 6.18 Å². The zero-order valence-corrected chi connectivity index (χ0v) is 21.0. The number of fused-ring (bicyclic) bond motifs is 3. The topological polar surface area (TPSA) is 83.1 Å². The number of alkyl halides is 3. The number of hydrogen-bond acceptors (Lipinski definition) is 5. The molecule has 198 valence electrons. The molecule has 3 heterocycles. The number of benzene rings is 3. The van der Waals surface area contributed by atoms with Crippen molar-refractivity contribution in [2.75, 3.05) is 36.5 Å². The maximum Gasteiger partial charge on any atom is 0.416 e.